The second kappa shape index (κ2) is 8.29. The average Bonchev–Trinajstić information content (AvgIpc) is 2.65. The van der Waals surface area contributed by atoms with Gasteiger partial charge in [0.2, 0.25) is 11.8 Å². The number of piperidine rings is 1. The van der Waals surface area contributed by atoms with E-state index in [4.69, 9.17) is 0 Å². The van der Waals surface area contributed by atoms with Crippen LogP contribution in [0.1, 0.15) is 36.8 Å². The molecule has 0 spiro atoms. The molecule has 1 aromatic rings. The number of carbonyl (C=O) groups is 2. The zero-order valence-electron chi connectivity index (χ0n) is 14.2. The number of nitrogens with one attached hydrogen (secondary N) is 2. The van der Waals surface area contributed by atoms with Crippen molar-refractivity contribution in [2.45, 2.75) is 38.6 Å². The van der Waals surface area contributed by atoms with Crippen molar-refractivity contribution in [3.05, 3.63) is 35.4 Å². The fraction of sp³-hybridized carbons (Fsp3) is 0.579. The predicted octanol–water partition coefficient (Wildman–Crippen LogP) is 1.47. The quantitative estimate of drug-likeness (QED) is 0.860. The van der Waals surface area contributed by atoms with E-state index in [1.807, 2.05) is 17.0 Å². The number of nitrogens with zero attached hydrogens (tertiary/aromatic N) is 1. The van der Waals surface area contributed by atoms with Crippen LogP contribution < -0.4 is 10.6 Å². The Kier molecular flexibility index (Phi) is 5.86. The first-order valence-corrected chi connectivity index (χ1v) is 9.04. The van der Waals surface area contributed by atoms with Gasteiger partial charge in [0.15, 0.2) is 0 Å². The van der Waals surface area contributed by atoms with Crippen LogP contribution in [0.5, 0.6) is 0 Å². The lowest BCUT2D eigenvalue weighted by Gasteiger charge is -2.29. The Morgan fingerprint density at radius 1 is 1.17 bits per heavy atom. The van der Waals surface area contributed by atoms with E-state index < -0.39 is 0 Å². The Labute approximate surface area is 143 Å². The monoisotopic (exact) mass is 329 g/mol. The van der Waals surface area contributed by atoms with Crippen LogP contribution in [-0.4, -0.2) is 42.9 Å². The number of benzene rings is 1. The van der Waals surface area contributed by atoms with Crippen molar-refractivity contribution in [3.63, 3.8) is 0 Å². The maximum Gasteiger partial charge on any atom is 0.242 e. The third-order valence-corrected chi connectivity index (χ3v) is 5.16. The van der Waals surface area contributed by atoms with Crippen LogP contribution in [0, 0.1) is 5.92 Å². The molecule has 130 valence electrons. The summed E-state index contributed by atoms with van der Waals surface area (Å²) in [4.78, 5) is 26.1. The lowest BCUT2D eigenvalue weighted by molar-refractivity contribution is -0.133. The summed E-state index contributed by atoms with van der Waals surface area (Å²) in [6.45, 7) is 3.62. The average molecular weight is 329 g/mol. The van der Waals surface area contributed by atoms with Crippen LogP contribution in [0.4, 0.5) is 0 Å². The van der Waals surface area contributed by atoms with Gasteiger partial charge in [-0.1, -0.05) is 24.3 Å². The minimum Gasteiger partial charge on any atom is -0.347 e. The van der Waals surface area contributed by atoms with Crippen LogP contribution in [-0.2, 0) is 22.6 Å². The first-order valence-electron chi connectivity index (χ1n) is 9.04. The molecule has 2 aliphatic rings. The van der Waals surface area contributed by atoms with E-state index in [-0.39, 0.29) is 18.4 Å². The minimum atomic E-state index is -0.000655. The van der Waals surface area contributed by atoms with Crippen molar-refractivity contribution in [2.24, 2.45) is 5.92 Å². The summed E-state index contributed by atoms with van der Waals surface area (Å²) in [7, 11) is 0. The van der Waals surface area contributed by atoms with Crippen LogP contribution in [0.15, 0.2) is 24.3 Å². The molecule has 0 aliphatic carbocycles. The van der Waals surface area contributed by atoms with E-state index in [2.05, 4.69) is 22.8 Å². The summed E-state index contributed by atoms with van der Waals surface area (Å²) >= 11 is 0. The fourth-order valence-electron chi connectivity index (χ4n) is 3.59. The lowest BCUT2D eigenvalue weighted by Crippen LogP contribution is -2.42. The first-order chi connectivity index (χ1) is 11.7. The van der Waals surface area contributed by atoms with Crippen molar-refractivity contribution in [1.29, 1.82) is 0 Å². The number of hydrogen-bond acceptors (Lipinski definition) is 3. The molecule has 2 heterocycles. The number of hydrogen-bond donors (Lipinski definition) is 2. The van der Waals surface area contributed by atoms with Crippen LogP contribution in [0.3, 0.4) is 0 Å². The maximum atomic E-state index is 12.3. The Bertz CT molecular complexity index is 582. The summed E-state index contributed by atoms with van der Waals surface area (Å²) in [5.74, 6) is 0.658. The van der Waals surface area contributed by atoms with E-state index in [0.29, 0.717) is 18.9 Å². The fourth-order valence-corrected chi connectivity index (χ4v) is 3.59. The smallest absolute Gasteiger partial charge is 0.242 e. The van der Waals surface area contributed by atoms with Crippen LogP contribution in [0.2, 0.25) is 0 Å². The lowest BCUT2D eigenvalue weighted by atomic mass is 9.93. The Balaban J connectivity index is 1.38. The van der Waals surface area contributed by atoms with Gasteiger partial charge in [-0.25, -0.2) is 0 Å². The highest BCUT2D eigenvalue weighted by atomic mass is 16.2. The molecule has 0 unspecified atom stereocenters. The Morgan fingerprint density at radius 2 is 1.92 bits per heavy atom. The summed E-state index contributed by atoms with van der Waals surface area (Å²) in [6, 6.07) is 8.25. The Hall–Kier alpha value is -1.88. The number of fused-ring (bicyclic) bond motifs is 1. The molecule has 0 aromatic heterocycles. The van der Waals surface area contributed by atoms with Crippen molar-refractivity contribution in [1.82, 2.24) is 15.5 Å². The van der Waals surface area contributed by atoms with E-state index >= 15 is 0 Å². The second-order valence-corrected chi connectivity index (χ2v) is 6.84. The number of carbonyl (C=O) groups excluding carboxylic acids is 2. The zero-order valence-corrected chi connectivity index (χ0v) is 14.2. The Morgan fingerprint density at radius 3 is 2.71 bits per heavy atom. The van der Waals surface area contributed by atoms with Gasteiger partial charge in [-0.15, -0.1) is 0 Å². The standard InChI is InChI=1S/C19H27N3O2/c23-18(6-5-15-7-10-20-11-8-15)21-13-19(24)22-12-9-16-3-1-2-4-17(16)14-22/h1-4,15,20H,5-14H2,(H,21,23). The molecule has 2 N–H and O–H groups in total. The van der Waals surface area contributed by atoms with Gasteiger partial charge in [-0.3, -0.25) is 9.59 Å². The van der Waals surface area contributed by atoms with Gasteiger partial charge in [0.05, 0.1) is 6.54 Å². The highest BCUT2D eigenvalue weighted by Gasteiger charge is 2.21. The van der Waals surface area contributed by atoms with Gasteiger partial charge in [-0.2, -0.15) is 0 Å². The normalized spacial score (nSPS) is 18.1. The molecule has 24 heavy (non-hydrogen) atoms. The zero-order chi connectivity index (χ0) is 16.8. The van der Waals surface area contributed by atoms with E-state index in [9.17, 15) is 9.59 Å². The molecule has 1 aromatic carbocycles. The molecule has 0 saturated carbocycles. The molecule has 2 aliphatic heterocycles. The number of amides is 2. The van der Waals surface area contributed by atoms with Crippen molar-refractivity contribution in [2.75, 3.05) is 26.2 Å². The molecule has 0 radical (unpaired) electrons. The topological polar surface area (TPSA) is 61.4 Å². The van der Waals surface area contributed by atoms with Crippen LogP contribution in [0.25, 0.3) is 0 Å². The second-order valence-electron chi connectivity index (χ2n) is 6.84. The summed E-state index contributed by atoms with van der Waals surface area (Å²) in [5, 5.41) is 6.13. The van der Waals surface area contributed by atoms with Gasteiger partial charge in [0.25, 0.3) is 0 Å². The first kappa shape index (κ1) is 17.0. The van der Waals surface area contributed by atoms with Gasteiger partial charge >= 0.3 is 0 Å². The van der Waals surface area contributed by atoms with E-state index in [1.54, 1.807) is 0 Å². The maximum absolute atomic E-state index is 12.3. The molecule has 0 bridgehead atoms. The molecule has 1 fully saturated rings. The summed E-state index contributed by atoms with van der Waals surface area (Å²) in [5.41, 5.74) is 2.54. The molecule has 3 rings (SSSR count). The molecular formula is C19H27N3O2. The van der Waals surface area contributed by atoms with Gasteiger partial charge in [0.1, 0.15) is 0 Å². The summed E-state index contributed by atoms with van der Waals surface area (Å²) < 4.78 is 0. The largest absolute Gasteiger partial charge is 0.347 e. The minimum absolute atomic E-state index is 0.000655. The SMILES string of the molecule is O=C(CCC1CCNCC1)NCC(=O)N1CCc2ccccc2C1. The van der Waals surface area contributed by atoms with Crippen molar-refractivity contribution in [3.8, 4) is 0 Å². The molecule has 0 atom stereocenters. The third-order valence-electron chi connectivity index (χ3n) is 5.16. The van der Waals surface area contributed by atoms with Crippen molar-refractivity contribution >= 4 is 11.8 Å². The highest BCUT2D eigenvalue weighted by Crippen LogP contribution is 2.19. The molecule has 2 amide bonds. The summed E-state index contributed by atoms with van der Waals surface area (Å²) in [6.07, 6.45) is 4.66. The van der Waals surface area contributed by atoms with Gasteiger partial charge in [0, 0.05) is 19.5 Å². The molecule has 1 saturated heterocycles. The van der Waals surface area contributed by atoms with E-state index in [1.165, 1.54) is 11.1 Å². The van der Waals surface area contributed by atoms with Gasteiger partial charge < -0.3 is 15.5 Å². The molecule has 5 nitrogen and oxygen atoms in total. The highest BCUT2D eigenvalue weighted by molar-refractivity contribution is 5.84. The predicted molar refractivity (Wildman–Crippen MR) is 93.4 cm³/mol. The van der Waals surface area contributed by atoms with Crippen molar-refractivity contribution < 1.29 is 9.59 Å². The van der Waals surface area contributed by atoms with Crippen LogP contribution >= 0.6 is 0 Å². The number of rotatable bonds is 5. The molecule has 5 heteroatoms. The van der Waals surface area contributed by atoms with E-state index in [0.717, 1.165) is 45.3 Å². The third kappa shape index (κ3) is 4.57. The van der Waals surface area contributed by atoms with Gasteiger partial charge in [-0.05, 0) is 55.8 Å². The molecular weight excluding hydrogens is 302 g/mol.